The molecule has 1 aromatic carbocycles. The maximum absolute atomic E-state index is 12.7. The molecule has 1 saturated heterocycles. The topological polar surface area (TPSA) is 80.9 Å². The van der Waals surface area contributed by atoms with Crippen LogP contribution < -0.4 is 5.32 Å². The van der Waals surface area contributed by atoms with Crippen molar-refractivity contribution in [1.29, 1.82) is 0 Å². The van der Waals surface area contributed by atoms with E-state index in [9.17, 15) is 4.79 Å². The molecule has 29 heavy (non-hydrogen) atoms. The molecule has 1 amide bonds. The molecule has 2 unspecified atom stereocenters. The SMILES string of the molecule is Cn1cc(CN2CC3Cc4nnc(C(=O)NCc5ccccc5)n4CC3C2)cn1. The molecule has 8 nitrogen and oxygen atoms in total. The van der Waals surface area contributed by atoms with E-state index >= 15 is 0 Å². The molecular weight excluding hydrogens is 366 g/mol. The maximum atomic E-state index is 12.7. The van der Waals surface area contributed by atoms with Crippen LogP contribution in [0.5, 0.6) is 0 Å². The summed E-state index contributed by atoms with van der Waals surface area (Å²) in [5.41, 5.74) is 2.31. The number of aromatic nitrogens is 5. The van der Waals surface area contributed by atoms with Crippen molar-refractivity contribution in [3.63, 3.8) is 0 Å². The molecule has 0 aliphatic carbocycles. The molecule has 2 aromatic heterocycles. The van der Waals surface area contributed by atoms with Crippen LogP contribution in [0.15, 0.2) is 42.7 Å². The predicted molar refractivity (Wildman–Crippen MR) is 107 cm³/mol. The van der Waals surface area contributed by atoms with Gasteiger partial charge in [-0.15, -0.1) is 10.2 Å². The summed E-state index contributed by atoms with van der Waals surface area (Å²) in [4.78, 5) is 15.2. The molecule has 2 aliphatic rings. The number of carbonyl (C=O) groups is 1. The first kappa shape index (κ1) is 18.1. The Kier molecular flexibility index (Phi) is 4.63. The standard InChI is InChI=1S/C21H25N7O/c1-26-10-16(9-23-26)11-27-12-17-7-19-24-25-20(28(19)14-18(17)13-27)21(29)22-8-15-5-3-2-4-6-15/h2-6,9-10,17-18H,7-8,11-14H2,1H3,(H,22,29). The predicted octanol–water partition coefficient (Wildman–Crippen LogP) is 1.25. The lowest BCUT2D eigenvalue weighted by molar-refractivity contribution is 0.0932. The number of benzene rings is 1. The van der Waals surface area contributed by atoms with E-state index in [0.29, 0.717) is 24.2 Å². The lowest BCUT2D eigenvalue weighted by Crippen LogP contribution is -2.32. The number of rotatable bonds is 5. The second kappa shape index (κ2) is 7.44. The van der Waals surface area contributed by atoms with Crippen molar-refractivity contribution in [2.75, 3.05) is 13.1 Å². The van der Waals surface area contributed by atoms with Gasteiger partial charge in [0.25, 0.3) is 5.91 Å². The molecule has 5 rings (SSSR count). The molecule has 1 fully saturated rings. The molecule has 1 N–H and O–H groups in total. The van der Waals surface area contributed by atoms with E-state index in [4.69, 9.17) is 0 Å². The number of nitrogens with zero attached hydrogens (tertiary/aromatic N) is 6. The molecule has 4 heterocycles. The highest BCUT2D eigenvalue weighted by Crippen LogP contribution is 2.33. The van der Waals surface area contributed by atoms with Gasteiger partial charge in [-0.1, -0.05) is 30.3 Å². The molecular formula is C21H25N7O. The van der Waals surface area contributed by atoms with Crippen LogP contribution in [0, 0.1) is 11.8 Å². The van der Waals surface area contributed by atoms with E-state index in [2.05, 4.69) is 31.7 Å². The summed E-state index contributed by atoms with van der Waals surface area (Å²) in [6.45, 7) is 4.31. The van der Waals surface area contributed by atoms with Gasteiger partial charge in [0.1, 0.15) is 5.82 Å². The van der Waals surface area contributed by atoms with Crippen LogP contribution in [0.2, 0.25) is 0 Å². The van der Waals surface area contributed by atoms with Crippen LogP contribution in [-0.4, -0.2) is 48.4 Å². The van der Waals surface area contributed by atoms with E-state index in [1.165, 1.54) is 5.56 Å². The van der Waals surface area contributed by atoms with Gasteiger partial charge in [0.2, 0.25) is 5.82 Å². The van der Waals surface area contributed by atoms with Crippen molar-refractivity contribution < 1.29 is 4.79 Å². The Morgan fingerprint density at radius 2 is 1.93 bits per heavy atom. The first-order chi connectivity index (χ1) is 14.2. The molecule has 2 aliphatic heterocycles. The molecule has 0 saturated carbocycles. The Morgan fingerprint density at radius 3 is 2.72 bits per heavy atom. The van der Waals surface area contributed by atoms with E-state index in [-0.39, 0.29) is 5.91 Å². The van der Waals surface area contributed by atoms with Gasteiger partial charge in [0, 0.05) is 58.0 Å². The van der Waals surface area contributed by atoms with E-state index < -0.39 is 0 Å². The Hall–Kier alpha value is -3.00. The number of nitrogens with one attached hydrogen (secondary N) is 1. The Bertz CT molecular complexity index is 1010. The molecule has 3 aromatic rings. The van der Waals surface area contributed by atoms with Crippen LogP contribution >= 0.6 is 0 Å². The third kappa shape index (κ3) is 3.67. The van der Waals surface area contributed by atoms with Crippen LogP contribution in [-0.2, 0) is 33.1 Å². The van der Waals surface area contributed by atoms with Crippen molar-refractivity contribution in [1.82, 2.24) is 34.8 Å². The summed E-state index contributed by atoms with van der Waals surface area (Å²) in [5.74, 6) is 2.30. The van der Waals surface area contributed by atoms with Crippen molar-refractivity contribution in [2.24, 2.45) is 18.9 Å². The summed E-state index contributed by atoms with van der Waals surface area (Å²) in [5, 5.41) is 15.8. The van der Waals surface area contributed by atoms with Gasteiger partial charge in [0.05, 0.1) is 6.20 Å². The van der Waals surface area contributed by atoms with Crippen LogP contribution in [0.1, 0.15) is 27.6 Å². The fraction of sp³-hybridized carbons (Fsp3) is 0.429. The highest BCUT2D eigenvalue weighted by molar-refractivity contribution is 5.90. The maximum Gasteiger partial charge on any atom is 0.289 e. The van der Waals surface area contributed by atoms with Gasteiger partial charge >= 0.3 is 0 Å². The minimum atomic E-state index is -0.156. The van der Waals surface area contributed by atoms with Crippen molar-refractivity contribution in [3.05, 3.63) is 65.5 Å². The van der Waals surface area contributed by atoms with Crippen molar-refractivity contribution >= 4 is 5.91 Å². The number of hydrogen-bond donors (Lipinski definition) is 1. The molecule has 0 bridgehead atoms. The zero-order chi connectivity index (χ0) is 19.8. The number of amides is 1. The van der Waals surface area contributed by atoms with Crippen LogP contribution in [0.25, 0.3) is 0 Å². The summed E-state index contributed by atoms with van der Waals surface area (Å²) in [6.07, 6.45) is 4.89. The number of hydrogen-bond acceptors (Lipinski definition) is 5. The largest absolute Gasteiger partial charge is 0.345 e. The van der Waals surface area contributed by atoms with Gasteiger partial charge in [-0.05, 0) is 17.4 Å². The van der Waals surface area contributed by atoms with Gasteiger partial charge in [0.15, 0.2) is 0 Å². The minimum absolute atomic E-state index is 0.156. The normalized spacial score (nSPS) is 21.0. The number of carbonyl (C=O) groups excluding carboxylic acids is 1. The van der Waals surface area contributed by atoms with Gasteiger partial charge in [-0.25, -0.2) is 0 Å². The van der Waals surface area contributed by atoms with E-state index in [1.807, 2.05) is 52.8 Å². The Morgan fingerprint density at radius 1 is 1.10 bits per heavy atom. The quantitative estimate of drug-likeness (QED) is 0.708. The van der Waals surface area contributed by atoms with Gasteiger partial charge in [-0.3, -0.25) is 14.4 Å². The highest BCUT2D eigenvalue weighted by Gasteiger charge is 2.39. The number of likely N-dealkylation sites (tertiary alicyclic amines) is 1. The fourth-order valence-corrected chi connectivity index (χ4v) is 4.59. The van der Waals surface area contributed by atoms with Crippen LogP contribution in [0.4, 0.5) is 0 Å². The zero-order valence-electron chi connectivity index (χ0n) is 16.5. The van der Waals surface area contributed by atoms with Gasteiger partial charge in [-0.2, -0.15) is 5.10 Å². The zero-order valence-corrected chi connectivity index (χ0v) is 16.5. The molecule has 0 spiro atoms. The molecule has 0 radical (unpaired) electrons. The first-order valence-electron chi connectivity index (χ1n) is 10.1. The smallest absolute Gasteiger partial charge is 0.289 e. The average Bonchev–Trinajstić information content (AvgIpc) is 3.43. The third-order valence-corrected chi connectivity index (χ3v) is 6.00. The molecule has 150 valence electrons. The summed E-state index contributed by atoms with van der Waals surface area (Å²) < 4.78 is 3.87. The Balaban J connectivity index is 1.24. The summed E-state index contributed by atoms with van der Waals surface area (Å²) >= 11 is 0. The van der Waals surface area contributed by atoms with Crippen molar-refractivity contribution in [2.45, 2.75) is 26.1 Å². The van der Waals surface area contributed by atoms with Crippen molar-refractivity contribution in [3.8, 4) is 0 Å². The third-order valence-electron chi connectivity index (χ3n) is 6.00. The lowest BCUT2D eigenvalue weighted by atomic mass is 9.89. The molecule has 2 atom stereocenters. The van der Waals surface area contributed by atoms with Gasteiger partial charge < -0.3 is 9.88 Å². The summed E-state index contributed by atoms with van der Waals surface area (Å²) in [6, 6.07) is 9.91. The number of fused-ring (bicyclic) bond motifs is 2. The minimum Gasteiger partial charge on any atom is -0.345 e. The first-order valence-corrected chi connectivity index (χ1v) is 10.1. The highest BCUT2D eigenvalue weighted by atomic mass is 16.2. The Labute approximate surface area is 169 Å². The second-order valence-electron chi connectivity index (χ2n) is 8.16. The monoisotopic (exact) mass is 391 g/mol. The van der Waals surface area contributed by atoms with Crippen LogP contribution in [0.3, 0.4) is 0 Å². The number of aryl methyl sites for hydroxylation is 1. The average molecular weight is 391 g/mol. The summed E-state index contributed by atoms with van der Waals surface area (Å²) in [7, 11) is 1.95. The lowest BCUT2D eigenvalue weighted by Gasteiger charge is -2.25. The second-order valence-corrected chi connectivity index (χ2v) is 8.16. The molecule has 8 heteroatoms. The fourth-order valence-electron chi connectivity index (χ4n) is 4.59. The van der Waals surface area contributed by atoms with E-state index in [1.54, 1.807) is 0 Å². The van der Waals surface area contributed by atoms with E-state index in [0.717, 1.165) is 44.0 Å².